The Labute approximate surface area is 325 Å². The third-order valence-corrected chi connectivity index (χ3v) is 11.9. The highest BCUT2D eigenvalue weighted by molar-refractivity contribution is 5.78. The normalized spacial score (nSPS) is 11.6. The van der Waals surface area contributed by atoms with Crippen LogP contribution in [0.15, 0.2) is 0 Å². The lowest BCUT2D eigenvalue weighted by atomic mass is 10.0. The Kier molecular flexibility index (Phi) is 47.4. The summed E-state index contributed by atoms with van der Waals surface area (Å²) >= 11 is 0. The van der Waals surface area contributed by atoms with Crippen LogP contribution in [0.2, 0.25) is 0 Å². The van der Waals surface area contributed by atoms with Crippen LogP contribution in [0.3, 0.4) is 0 Å². The lowest BCUT2D eigenvalue weighted by molar-refractivity contribution is -0.119. The number of unbranched alkanes of at least 4 members (excludes halogenated alkanes) is 43. The average Bonchev–Trinajstić information content (AvgIpc) is 3.14. The highest BCUT2D eigenvalue weighted by Crippen LogP contribution is 2.18. The van der Waals surface area contributed by atoms with Crippen LogP contribution in [0, 0.1) is 0 Å². The third kappa shape index (κ3) is 47.6. The zero-order chi connectivity index (χ0) is 36.8. The molecule has 0 amide bonds. The molecule has 0 rings (SSSR count). The standard InChI is InChI=1S/C50H100O/c1-3-5-7-9-11-13-15-16-17-18-19-20-21-22-23-24-25-26-27-28-29-30-31-32-33-34-35-36-37-39-41-43-45-47-49-50(51)48-46-44-42-40-38-14-12-10-8-6-4-2/h3-49H2,1-2H3. The first kappa shape index (κ1) is 50.7. The maximum atomic E-state index is 12.2. The molecule has 0 atom stereocenters. The topological polar surface area (TPSA) is 17.1 Å². The van der Waals surface area contributed by atoms with Crippen molar-refractivity contribution in [2.75, 3.05) is 0 Å². The molecule has 306 valence electrons. The minimum atomic E-state index is 0.529. The predicted octanol–water partition coefficient (Wildman–Crippen LogP) is 18.9. The Morgan fingerprint density at radius 2 is 0.314 bits per heavy atom. The SMILES string of the molecule is CCCCCCCCCCCCCCCCCCCCCCCCCCCCCCCCCCCCC(=O)CCCCCCCCCCCCC. The minimum Gasteiger partial charge on any atom is -0.300 e. The van der Waals surface area contributed by atoms with Crippen LogP contribution >= 0.6 is 0 Å². The first-order valence-corrected chi connectivity index (χ1v) is 24.8. The molecule has 51 heavy (non-hydrogen) atoms. The van der Waals surface area contributed by atoms with Gasteiger partial charge >= 0.3 is 0 Å². The lowest BCUT2D eigenvalue weighted by Crippen LogP contribution is -1.97. The van der Waals surface area contributed by atoms with Gasteiger partial charge in [0.25, 0.3) is 0 Å². The molecule has 0 aromatic heterocycles. The van der Waals surface area contributed by atoms with Gasteiger partial charge in [-0.05, 0) is 12.8 Å². The largest absolute Gasteiger partial charge is 0.300 e. The van der Waals surface area contributed by atoms with Gasteiger partial charge in [0.05, 0.1) is 0 Å². The van der Waals surface area contributed by atoms with Crippen LogP contribution in [-0.2, 0) is 4.79 Å². The number of rotatable bonds is 47. The summed E-state index contributed by atoms with van der Waals surface area (Å²) in [7, 11) is 0. The Morgan fingerprint density at radius 1 is 0.196 bits per heavy atom. The van der Waals surface area contributed by atoms with Crippen molar-refractivity contribution >= 4 is 5.78 Å². The average molecular weight is 717 g/mol. The molecule has 0 aliphatic rings. The zero-order valence-electron chi connectivity index (χ0n) is 36.1. The van der Waals surface area contributed by atoms with E-state index >= 15 is 0 Å². The molecule has 0 aromatic rings. The molecule has 0 N–H and O–H groups in total. The predicted molar refractivity (Wildman–Crippen MR) is 233 cm³/mol. The molecule has 0 radical (unpaired) electrons. The molecule has 0 bridgehead atoms. The van der Waals surface area contributed by atoms with Crippen molar-refractivity contribution in [1.29, 1.82) is 0 Å². The fraction of sp³-hybridized carbons (Fsp3) is 0.980. The molecular weight excluding hydrogens is 617 g/mol. The van der Waals surface area contributed by atoms with Crippen molar-refractivity contribution in [3.8, 4) is 0 Å². The highest BCUT2D eigenvalue weighted by atomic mass is 16.1. The summed E-state index contributed by atoms with van der Waals surface area (Å²) in [5.74, 6) is 0.529. The van der Waals surface area contributed by atoms with Gasteiger partial charge in [-0.2, -0.15) is 0 Å². The van der Waals surface area contributed by atoms with Gasteiger partial charge in [0.2, 0.25) is 0 Å². The summed E-state index contributed by atoms with van der Waals surface area (Å²) in [4.78, 5) is 12.2. The maximum Gasteiger partial charge on any atom is 0.132 e. The summed E-state index contributed by atoms with van der Waals surface area (Å²) in [5, 5.41) is 0. The molecule has 0 aromatic carbocycles. The molecule has 0 aliphatic heterocycles. The van der Waals surface area contributed by atoms with Crippen LogP contribution in [0.4, 0.5) is 0 Å². The van der Waals surface area contributed by atoms with Crippen LogP contribution in [0.5, 0.6) is 0 Å². The van der Waals surface area contributed by atoms with E-state index in [4.69, 9.17) is 0 Å². The first-order chi connectivity index (χ1) is 25.3. The van der Waals surface area contributed by atoms with Crippen molar-refractivity contribution in [2.24, 2.45) is 0 Å². The van der Waals surface area contributed by atoms with Crippen LogP contribution in [-0.4, -0.2) is 5.78 Å². The molecule has 0 saturated carbocycles. The second-order valence-electron chi connectivity index (χ2n) is 17.2. The first-order valence-electron chi connectivity index (χ1n) is 24.8. The summed E-state index contributed by atoms with van der Waals surface area (Å²) in [5.41, 5.74) is 0. The molecule has 0 heterocycles. The summed E-state index contributed by atoms with van der Waals surface area (Å²) in [6, 6.07) is 0. The molecular formula is C50H100O. The van der Waals surface area contributed by atoms with Crippen LogP contribution < -0.4 is 0 Å². The van der Waals surface area contributed by atoms with Gasteiger partial charge in [-0.25, -0.2) is 0 Å². The molecule has 0 aliphatic carbocycles. The van der Waals surface area contributed by atoms with E-state index in [0.29, 0.717) is 5.78 Å². The highest BCUT2D eigenvalue weighted by Gasteiger charge is 2.03. The molecule has 0 unspecified atom stereocenters. The van der Waals surface area contributed by atoms with Gasteiger partial charge < -0.3 is 0 Å². The van der Waals surface area contributed by atoms with E-state index in [1.165, 1.54) is 276 Å². The molecule has 0 fully saturated rings. The molecule has 0 saturated heterocycles. The Hall–Kier alpha value is -0.330. The van der Waals surface area contributed by atoms with Gasteiger partial charge in [0, 0.05) is 12.8 Å². The van der Waals surface area contributed by atoms with Gasteiger partial charge in [-0.15, -0.1) is 0 Å². The molecule has 0 spiro atoms. The smallest absolute Gasteiger partial charge is 0.132 e. The number of hydrogen-bond donors (Lipinski definition) is 0. The lowest BCUT2D eigenvalue weighted by Gasteiger charge is -2.05. The van der Waals surface area contributed by atoms with Crippen LogP contribution in [0.25, 0.3) is 0 Å². The van der Waals surface area contributed by atoms with E-state index in [1.807, 2.05) is 0 Å². The van der Waals surface area contributed by atoms with Gasteiger partial charge in [-0.3, -0.25) is 4.79 Å². The van der Waals surface area contributed by atoms with Gasteiger partial charge in [-0.1, -0.05) is 290 Å². The van der Waals surface area contributed by atoms with Crippen molar-refractivity contribution in [2.45, 2.75) is 316 Å². The van der Waals surface area contributed by atoms with Crippen LogP contribution in [0.1, 0.15) is 316 Å². The Bertz CT molecular complexity index is 610. The minimum absolute atomic E-state index is 0.529. The molecule has 1 nitrogen and oxygen atoms in total. The van der Waals surface area contributed by atoms with Crippen molar-refractivity contribution in [3.63, 3.8) is 0 Å². The van der Waals surface area contributed by atoms with E-state index in [-0.39, 0.29) is 0 Å². The van der Waals surface area contributed by atoms with E-state index < -0.39 is 0 Å². The van der Waals surface area contributed by atoms with E-state index in [1.54, 1.807) is 0 Å². The quantitative estimate of drug-likeness (QED) is 0.0573. The summed E-state index contributed by atoms with van der Waals surface area (Å²) < 4.78 is 0. The molecule has 1 heteroatoms. The van der Waals surface area contributed by atoms with E-state index in [2.05, 4.69) is 13.8 Å². The summed E-state index contributed by atoms with van der Waals surface area (Å²) in [6.07, 6.45) is 65.9. The number of carbonyl (C=O) groups excluding carboxylic acids is 1. The van der Waals surface area contributed by atoms with Gasteiger partial charge in [0.1, 0.15) is 5.78 Å². The monoisotopic (exact) mass is 717 g/mol. The number of Topliss-reactive ketones (excluding diaryl/α,β-unsaturated/α-hetero) is 1. The maximum absolute atomic E-state index is 12.2. The van der Waals surface area contributed by atoms with Crippen molar-refractivity contribution < 1.29 is 4.79 Å². The van der Waals surface area contributed by atoms with Crippen molar-refractivity contribution in [1.82, 2.24) is 0 Å². The number of ketones is 1. The second kappa shape index (κ2) is 47.7. The van der Waals surface area contributed by atoms with Crippen molar-refractivity contribution in [3.05, 3.63) is 0 Å². The third-order valence-electron chi connectivity index (χ3n) is 11.9. The second-order valence-corrected chi connectivity index (χ2v) is 17.2. The van der Waals surface area contributed by atoms with E-state index in [9.17, 15) is 4.79 Å². The van der Waals surface area contributed by atoms with E-state index in [0.717, 1.165) is 25.7 Å². The zero-order valence-corrected chi connectivity index (χ0v) is 36.1. The number of carbonyl (C=O) groups is 1. The number of hydrogen-bond acceptors (Lipinski definition) is 1. The summed E-state index contributed by atoms with van der Waals surface area (Å²) in [6.45, 7) is 4.60. The Balaban J connectivity index is 3.11. The Morgan fingerprint density at radius 3 is 0.451 bits per heavy atom. The van der Waals surface area contributed by atoms with Gasteiger partial charge in [0.15, 0.2) is 0 Å². The fourth-order valence-electron chi connectivity index (χ4n) is 8.16. The fourth-order valence-corrected chi connectivity index (χ4v) is 8.16.